The molecular formula is C12H12F2N2. The molecule has 84 valence electrons. The molecule has 1 heterocycles. The maximum Gasteiger partial charge on any atom is 0.131 e. The Bertz CT molecular complexity index is 492. The molecule has 2 rings (SSSR count). The predicted octanol–water partition coefficient (Wildman–Crippen LogP) is 2.77. The van der Waals surface area contributed by atoms with E-state index in [9.17, 15) is 8.78 Å². The van der Waals surface area contributed by atoms with Crippen LogP contribution in [0.3, 0.4) is 0 Å². The van der Waals surface area contributed by atoms with Gasteiger partial charge in [-0.1, -0.05) is 13.0 Å². The second-order valence-corrected chi connectivity index (χ2v) is 3.56. The number of benzene rings is 1. The van der Waals surface area contributed by atoms with E-state index >= 15 is 0 Å². The van der Waals surface area contributed by atoms with Gasteiger partial charge in [0, 0.05) is 30.4 Å². The van der Waals surface area contributed by atoms with Gasteiger partial charge in [0.15, 0.2) is 0 Å². The van der Waals surface area contributed by atoms with Gasteiger partial charge >= 0.3 is 0 Å². The second kappa shape index (κ2) is 4.43. The van der Waals surface area contributed by atoms with Crippen molar-refractivity contribution < 1.29 is 8.78 Å². The van der Waals surface area contributed by atoms with E-state index in [1.54, 1.807) is 12.4 Å². The molecule has 0 radical (unpaired) electrons. The Hall–Kier alpha value is -1.71. The van der Waals surface area contributed by atoms with Crippen molar-refractivity contribution in [1.29, 1.82) is 0 Å². The summed E-state index contributed by atoms with van der Waals surface area (Å²) in [6, 6.07) is 3.63. The Morgan fingerprint density at radius 1 is 1.31 bits per heavy atom. The quantitative estimate of drug-likeness (QED) is 0.780. The number of hydrogen-bond donors (Lipinski definition) is 0. The molecule has 0 bridgehead atoms. The molecular weight excluding hydrogens is 210 g/mol. The van der Waals surface area contributed by atoms with Crippen LogP contribution in [0.15, 0.2) is 30.6 Å². The SMILES string of the molecule is CCc1nccn1Cc1ccc(F)cc1F. The molecule has 16 heavy (non-hydrogen) atoms. The van der Waals surface area contributed by atoms with Gasteiger partial charge in [-0.25, -0.2) is 13.8 Å². The van der Waals surface area contributed by atoms with Crippen molar-refractivity contribution in [2.45, 2.75) is 19.9 Å². The van der Waals surface area contributed by atoms with Gasteiger partial charge in [0.25, 0.3) is 0 Å². The van der Waals surface area contributed by atoms with Crippen LogP contribution in [0.5, 0.6) is 0 Å². The maximum atomic E-state index is 13.4. The lowest BCUT2D eigenvalue weighted by Crippen LogP contribution is -2.05. The smallest absolute Gasteiger partial charge is 0.131 e. The molecule has 0 fully saturated rings. The molecule has 1 aromatic carbocycles. The zero-order valence-electron chi connectivity index (χ0n) is 8.95. The van der Waals surface area contributed by atoms with E-state index in [2.05, 4.69) is 4.98 Å². The molecule has 0 aliphatic carbocycles. The number of aromatic nitrogens is 2. The van der Waals surface area contributed by atoms with Crippen LogP contribution >= 0.6 is 0 Å². The molecule has 0 atom stereocenters. The van der Waals surface area contributed by atoms with Gasteiger partial charge < -0.3 is 4.57 Å². The average molecular weight is 222 g/mol. The molecule has 0 unspecified atom stereocenters. The summed E-state index contributed by atoms with van der Waals surface area (Å²) in [5.74, 6) is -0.179. The van der Waals surface area contributed by atoms with Gasteiger partial charge in [-0.3, -0.25) is 0 Å². The maximum absolute atomic E-state index is 13.4. The van der Waals surface area contributed by atoms with Gasteiger partial charge in [-0.2, -0.15) is 0 Å². The Kier molecular flexibility index (Phi) is 2.99. The lowest BCUT2D eigenvalue weighted by molar-refractivity contribution is 0.564. The summed E-state index contributed by atoms with van der Waals surface area (Å²) in [5.41, 5.74) is 0.467. The first-order valence-electron chi connectivity index (χ1n) is 5.14. The minimum Gasteiger partial charge on any atom is -0.330 e. The number of hydrogen-bond acceptors (Lipinski definition) is 1. The highest BCUT2D eigenvalue weighted by Crippen LogP contribution is 2.12. The van der Waals surface area contributed by atoms with Gasteiger partial charge in [-0.15, -0.1) is 0 Å². The number of rotatable bonds is 3. The summed E-state index contributed by atoms with van der Waals surface area (Å²) in [6.45, 7) is 2.37. The first-order chi connectivity index (χ1) is 7.70. The van der Waals surface area contributed by atoms with Crippen molar-refractivity contribution in [3.63, 3.8) is 0 Å². The van der Waals surface area contributed by atoms with Crippen LogP contribution in [-0.4, -0.2) is 9.55 Å². The first-order valence-corrected chi connectivity index (χ1v) is 5.14. The molecule has 0 saturated heterocycles. The van der Waals surface area contributed by atoms with E-state index in [0.29, 0.717) is 12.1 Å². The van der Waals surface area contributed by atoms with Crippen LogP contribution < -0.4 is 0 Å². The Morgan fingerprint density at radius 2 is 2.12 bits per heavy atom. The van der Waals surface area contributed by atoms with Crippen LogP contribution in [-0.2, 0) is 13.0 Å². The number of imidazole rings is 1. The summed E-state index contributed by atoms with van der Waals surface area (Å²) in [7, 11) is 0. The summed E-state index contributed by atoms with van der Waals surface area (Å²) in [5, 5.41) is 0. The fourth-order valence-electron chi connectivity index (χ4n) is 1.63. The largest absolute Gasteiger partial charge is 0.330 e. The van der Waals surface area contributed by atoms with Crippen molar-refractivity contribution in [1.82, 2.24) is 9.55 Å². The summed E-state index contributed by atoms with van der Waals surface area (Å²) >= 11 is 0. The van der Waals surface area contributed by atoms with Crippen LogP contribution in [0.25, 0.3) is 0 Å². The van der Waals surface area contributed by atoms with Gasteiger partial charge in [-0.05, 0) is 6.07 Å². The van der Waals surface area contributed by atoms with Crippen molar-refractivity contribution in [2.75, 3.05) is 0 Å². The number of halogens is 2. The topological polar surface area (TPSA) is 17.8 Å². The third-order valence-corrected chi connectivity index (χ3v) is 2.47. The summed E-state index contributed by atoms with van der Waals surface area (Å²) < 4.78 is 28.0. The lowest BCUT2D eigenvalue weighted by Gasteiger charge is -2.07. The predicted molar refractivity (Wildman–Crippen MR) is 57.1 cm³/mol. The number of nitrogens with zero attached hydrogens (tertiary/aromatic N) is 2. The van der Waals surface area contributed by atoms with Crippen LogP contribution in [0, 0.1) is 11.6 Å². The Morgan fingerprint density at radius 3 is 2.81 bits per heavy atom. The summed E-state index contributed by atoms with van der Waals surface area (Å²) in [6.07, 6.45) is 4.26. The molecule has 0 aliphatic rings. The normalized spacial score (nSPS) is 10.7. The zero-order valence-corrected chi connectivity index (χ0v) is 8.95. The molecule has 1 aromatic heterocycles. The lowest BCUT2D eigenvalue weighted by atomic mass is 10.2. The highest BCUT2D eigenvalue weighted by molar-refractivity contribution is 5.19. The van der Waals surface area contributed by atoms with Crippen molar-refractivity contribution >= 4 is 0 Å². The molecule has 4 heteroatoms. The standard InChI is InChI=1S/C12H12F2N2/c1-2-12-15-5-6-16(12)8-9-3-4-10(13)7-11(9)14/h3-7H,2,8H2,1H3. The zero-order chi connectivity index (χ0) is 11.5. The second-order valence-electron chi connectivity index (χ2n) is 3.56. The fourth-order valence-corrected chi connectivity index (χ4v) is 1.63. The van der Waals surface area contributed by atoms with E-state index < -0.39 is 11.6 Å². The van der Waals surface area contributed by atoms with Crippen molar-refractivity contribution in [3.8, 4) is 0 Å². The van der Waals surface area contributed by atoms with Crippen molar-refractivity contribution in [3.05, 3.63) is 53.6 Å². The molecule has 0 aliphatic heterocycles. The van der Waals surface area contributed by atoms with E-state index in [0.717, 1.165) is 18.3 Å². The highest BCUT2D eigenvalue weighted by Gasteiger charge is 2.06. The molecule has 0 saturated carbocycles. The van der Waals surface area contributed by atoms with Gasteiger partial charge in [0.1, 0.15) is 17.5 Å². The van der Waals surface area contributed by atoms with Crippen molar-refractivity contribution in [2.24, 2.45) is 0 Å². The average Bonchev–Trinajstić information content (AvgIpc) is 2.69. The van der Waals surface area contributed by atoms with Gasteiger partial charge in [0.05, 0.1) is 6.54 Å². The van der Waals surface area contributed by atoms with E-state index in [4.69, 9.17) is 0 Å². The molecule has 0 N–H and O–H groups in total. The minimum absolute atomic E-state index is 0.384. The molecule has 2 nitrogen and oxygen atoms in total. The third kappa shape index (κ3) is 2.10. The number of aryl methyl sites for hydroxylation is 1. The van der Waals surface area contributed by atoms with E-state index in [1.807, 2.05) is 11.5 Å². The van der Waals surface area contributed by atoms with E-state index in [1.165, 1.54) is 12.1 Å². The van der Waals surface area contributed by atoms with Gasteiger partial charge in [0.2, 0.25) is 0 Å². The Labute approximate surface area is 92.6 Å². The van der Waals surface area contributed by atoms with Crippen LogP contribution in [0.1, 0.15) is 18.3 Å². The minimum atomic E-state index is -0.553. The summed E-state index contributed by atoms with van der Waals surface area (Å²) in [4.78, 5) is 4.14. The van der Waals surface area contributed by atoms with Crippen LogP contribution in [0.4, 0.5) is 8.78 Å². The van der Waals surface area contributed by atoms with Crippen LogP contribution in [0.2, 0.25) is 0 Å². The first kappa shape index (κ1) is 10.8. The molecule has 2 aromatic rings. The monoisotopic (exact) mass is 222 g/mol. The fraction of sp³-hybridized carbons (Fsp3) is 0.250. The van der Waals surface area contributed by atoms with E-state index in [-0.39, 0.29) is 0 Å². The molecule has 0 spiro atoms. The third-order valence-electron chi connectivity index (χ3n) is 2.47. The highest BCUT2D eigenvalue weighted by atomic mass is 19.1. The Balaban J connectivity index is 2.27. The molecule has 0 amide bonds.